The van der Waals surface area contributed by atoms with Gasteiger partial charge in [0.25, 0.3) is 0 Å². The van der Waals surface area contributed by atoms with Crippen LogP contribution in [0.3, 0.4) is 0 Å². The summed E-state index contributed by atoms with van der Waals surface area (Å²) >= 11 is 0. The molecule has 1 aliphatic rings. The molecule has 0 spiro atoms. The Kier molecular flexibility index (Phi) is 4.80. The molecule has 2 nitrogen and oxygen atoms in total. The van der Waals surface area contributed by atoms with Gasteiger partial charge in [-0.05, 0) is 43.7 Å². The minimum Gasteiger partial charge on any atom is -0.393 e. The minimum absolute atomic E-state index is 0.141. The highest BCUT2D eigenvalue weighted by atomic mass is 16.6. The molecule has 1 aliphatic carbocycles. The molecule has 0 aliphatic heterocycles. The zero-order valence-corrected chi connectivity index (χ0v) is 11.4. The van der Waals surface area contributed by atoms with E-state index < -0.39 is 0 Å². The number of hydrogen-bond acceptors (Lipinski definition) is 2. The lowest BCUT2D eigenvalue weighted by atomic mass is 9.84. The van der Waals surface area contributed by atoms with E-state index in [0.717, 1.165) is 11.5 Å². The van der Waals surface area contributed by atoms with Crippen molar-refractivity contribution in [3.05, 3.63) is 35.4 Å². The van der Waals surface area contributed by atoms with Gasteiger partial charge in [0.2, 0.25) is 0 Å². The molecule has 98 valence electrons. The SMILES string of the molecule is CC(C)ON=Cc1ccc(C2CCCCC2)cc1. The molecule has 2 heteroatoms. The van der Waals surface area contributed by atoms with Crippen molar-refractivity contribution in [3.8, 4) is 0 Å². The summed E-state index contributed by atoms with van der Waals surface area (Å²) in [5, 5.41) is 3.96. The maximum Gasteiger partial charge on any atom is 0.122 e. The first-order valence-corrected chi connectivity index (χ1v) is 7.05. The van der Waals surface area contributed by atoms with Gasteiger partial charge in [-0.2, -0.15) is 0 Å². The molecule has 0 amide bonds. The van der Waals surface area contributed by atoms with Gasteiger partial charge >= 0.3 is 0 Å². The Hall–Kier alpha value is -1.31. The molecule has 0 atom stereocenters. The van der Waals surface area contributed by atoms with Crippen LogP contribution in [0.15, 0.2) is 29.4 Å². The fourth-order valence-corrected chi connectivity index (χ4v) is 2.50. The molecule has 0 bridgehead atoms. The summed E-state index contributed by atoms with van der Waals surface area (Å²) in [6, 6.07) is 8.76. The zero-order chi connectivity index (χ0) is 12.8. The monoisotopic (exact) mass is 245 g/mol. The highest BCUT2D eigenvalue weighted by Crippen LogP contribution is 2.32. The lowest BCUT2D eigenvalue weighted by Crippen LogP contribution is -2.04. The van der Waals surface area contributed by atoms with Gasteiger partial charge in [-0.15, -0.1) is 0 Å². The number of oxime groups is 1. The molecule has 1 fully saturated rings. The molecular formula is C16H23NO. The van der Waals surface area contributed by atoms with E-state index >= 15 is 0 Å². The molecule has 18 heavy (non-hydrogen) atoms. The van der Waals surface area contributed by atoms with Crippen molar-refractivity contribution in [3.63, 3.8) is 0 Å². The molecule has 0 aromatic heterocycles. The maximum absolute atomic E-state index is 5.16. The van der Waals surface area contributed by atoms with Gasteiger partial charge < -0.3 is 4.84 Å². The second-order valence-corrected chi connectivity index (χ2v) is 5.39. The average Bonchev–Trinajstić information content (AvgIpc) is 2.40. The van der Waals surface area contributed by atoms with Crippen LogP contribution in [0.1, 0.15) is 63.0 Å². The Morgan fingerprint density at radius 3 is 2.39 bits per heavy atom. The summed E-state index contributed by atoms with van der Waals surface area (Å²) in [7, 11) is 0. The Bertz CT molecular complexity index is 375. The number of nitrogens with zero attached hydrogens (tertiary/aromatic N) is 1. The van der Waals surface area contributed by atoms with Crippen LogP contribution >= 0.6 is 0 Å². The van der Waals surface area contributed by atoms with Crippen molar-refractivity contribution < 1.29 is 4.84 Å². The van der Waals surface area contributed by atoms with E-state index in [1.807, 2.05) is 13.8 Å². The fraction of sp³-hybridized carbons (Fsp3) is 0.562. The van der Waals surface area contributed by atoms with Crippen LogP contribution in [-0.4, -0.2) is 12.3 Å². The largest absolute Gasteiger partial charge is 0.393 e. The van der Waals surface area contributed by atoms with Crippen LogP contribution in [0.25, 0.3) is 0 Å². The first kappa shape index (κ1) is 13.1. The predicted octanol–water partition coefficient (Wildman–Crippen LogP) is 4.49. The van der Waals surface area contributed by atoms with Crippen LogP contribution in [0.2, 0.25) is 0 Å². The Balaban J connectivity index is 1.94. The number of benzene rings is 1. The van der Waals surface area contributed by atoms with Crippen LogP contribution in [-0.2, 0) is 4.84 Å². The number of rotatable bonds is 4. The van der Waals surface area contributed by atoms with Crippen molar-refractivity contribution in [2.75, 3.05) is 0 Å². The van der Waals surface area contributed by atoms with Crippen molar-refractivity contribution >= 4 is 6.21 Å². The van der Waals surface area contributed by atoms with Crippen LogP contribution < -0.4 is 0 Å². The Morgan fingerprint density at radius 2 is 1.78 bits per heavy atom. The molecule has 2 rings (SSSR count). The van der Waals surface area contributed by atoms with Gasteiger partial charge in [-0.3, -0.25) is 0 Å². The first-order chi connectivity index (χ1) is 8.75. The standard InChI is InChI=1S/C16H23NO/c1-13(2)18-17-12-14-8-10-16(11-9-14)15-6-4-3-5-7-15/h8-13,15H,3-7H2,1-2H3. The third kappa shape index (κ3) is 3.86. The van der Waals surface area contributed by atoms with Crippen molar-refractivity contribution in [2.45, 2.75) is 58.0 Å². The van der Waals surface area contributed by atoms with Gasteiger partial charge in [-0.1, -0.05) is 48.7 Å². The van der Waals surface area contributed by atoms with Gasteiger partial charge in [0, 0.05) is 0 Å². The molecule has 1 saturated carbocycles. The second kappa shape index (κ2) is 6.58. The van der Waals surface area contributed by atoms with Crippen molar-refractivity contribution in [1.29, 1.82) is 0 Å². The van der Waals surface area contributed by atoms with E-state index in [4.69, 9.17) is 4.84 Å². The molecular weight excluding hydrogens is 222 g/mol. The van der Waals surface area contributed by atoms with Crippen molar-refractivity contribution in [1.82, 2.24) is 0 Å². The predicted molar refractivity (Wildman–Crippen MR) is 76.1 cm³/mol. The molecule has 1 aromatic rings. The van der Waals surface area contributed by atoms with E-state index in [1.165, 1.54) is 37.7 Å². The zero-order valence-electron chi connectivity index (χ0n) is 11.4. The molecule has 0 heterocycles. The highest BCUT2D eigenvalue weighted by Gasteiger charge is 2.14. The van der Waals surface area contributed by atoms with Crippen LogP contribution in [0, 0.1) is 0 Å². The van der Waals surface area contributed by atoms with Gasteiger partial charge in [0.15, 0.2) is 0 Å². The van der Waals surface area contributed by atoms with Gasteiger partial charge in [0.1, 0.15) is 6.10 Å². The molecule has 0 unspecified atom stereocenters. The molecule has 0 N–H and O–H groups in total. The average molecular weight is 245 g/mol. The second-order valence-electron chi connectivity index (χ2n) is 5.39. The summed E-state index contributed by atoms with van der Waals surface area (Å²) in [6.07, 6.45) is 8.81. The minimum atomic E-state index is 0.141. The highest BCUT2D eigenvalue weighted by molar-refractivity contribution is 5.79. The van der Waals surface area contributed by atoms with Crippen molar-refractivity contribution in [2.24, 2.45) is 5.16 Å². The third-order valence-electron chi connectivity index (χ3n) is 3.49. The Morgan fingerprint density at radius 1 is 1.11 bits per heavy atom. The quantitative estimate of drug-likeness (QED) is 0.565. The van der Waals surface area contributed by atoms with E-state index in [-0.39, 0.29) is 6.10 Å². The maximum atomic E-state index is 5.16. The van der Waals surface area contributed by atoms with Crippen LogP contribution in [0.4, 0.5) is 0 Å². The van der Waals surface area contributed by atoms with E-state index in [2.05, 4.69) is 29.4 Å². The summed E-state index contributed by atoms with van der Waals surface area (Å²) in [5.74, 6) is 0.775. The summed E-state index contributed by atoms with van der Waals surface area (Å²) in [4.78, 5) is 5.16. The fourth-order valence-electron chi connectivity index (χ4n) is 2.50. The van der Waals surface area contributed by atoms with Gasteiger partial charge in [0.05, 0.1) is 6.21 Å². The van der Waals surface area contributed by atoms with Gasteiger partial charge in [-0.25, -0.2) is 0 Å². The lowest BCUT2D eigenvalue weighted by Gasteiger charge is -2.21. The van der Waals surface area contributed by atoms with E-state index in [0.29, 0.717) is 0 Å². The molecule has 0 radical (unpaired) electrons. The van der Waals surface area contributed by atoms with Crippen LogP contribution in [0.5, 0.6) is 0 Å². The topological polar surface area (TPSA) is 21.6 Å². The summed E-state index contributed by atoms with van der Waals surface area (Å²) < 4.78 is 0. The molecule has 1 aromatic carbocycles. The number of hydrogen-bond donors (Lipinski definition) is 0. The Labute approximate surface area is 110 Å². The smallest absolute Gasteiger partial charge is 0.122 e. The molecule has 0 saturated heterocycles. The van der Waals surface area contributed by atoms with E-state index in [9.17, 15) is 0 Å². The normalized spacial score (nSPS) is 17.5. The van der Waals surface area contributed by atoms with E-state index in [1.54, 1.807) is 6.21 Å². The summed E-state index contributed by atoms with van der Waals surface area (Å²) in [6.45, 7) is 3.95. The third-order valence-corrected chi connectivity index (χ3v) is 3.49. The lowest BCUT2D eigenvalue weighted by molar-refractivity contribution is 0.0874. The first-order valence-electron chi connectivity index (χ1n) is 7.05. The summed E-state index contributed by atoms with van der Waals surface area (Å²) in [5.41, 5.74) is 2.59.